The van der Waals surface area contributed by atoms with E-state index < -0.39 is 0 Å². The first kappa shape index (κ1) is 18.0. The molecular weight excluding hydrogens is 358 g/mol. The van der Waals surface area contributed by atoms with Gasteiger partial charge in [0.1, 0.15) is 0 Å². The Labute approximate surface area is 163 Å². The second-order valence-corrected chi connectivity index (χ2v) is 8.21. The number of carbonyl (C=O) groups is 1. The Kier molecular flexibility index (Phi) is 4.86. The van der Waals surface area contributed by atoms with Gasteiger partial charge >= 0.3 is 0 Å². The van der Waals surface area contributed by atoms with Gasteiger partial charge in [0.25, 0.3) is 5.91 Å². The molecule has 140 valence electrons. The molecule has 0 spiro atoms. The topological polar surface area (TPSA) is 72.1 Å². The summed E-state index contributed by atoms with van der Waals surface area (Å²) in [4.78, 5) is 18.9. The zero-order valence-corrected chi connectivity index (χ0v) is 16.4. The van der Waals surface area contributed by atoms with Gasteiger partial charge in [-0.2, -0.15) is 10.0 Å². The van der Waals surface area contributed by atoms with Gasteiger partial charge in [-0.15, -0.1) is 5.10 Å². The Bertz CT molecular complexity index is 863. The second kappa shape index (κ2) is 7.31. The zero-order valence-electron chi connectivity index (χ0n) is 15.6. The highest BCUT2D eigenvalue weighted by Gasteiger charge is 2.37. The van der Waals surface area contributed by atoms with E-state index in [1.165, 1.54) is 28.8 Å². The van der Waals surface area contributed by atoms with E-state index in [0.29, 0.717) is 11.1 Å². The molecule has 1 fully saturated rings. The fourth-order valence-corrected chi connectivity index (χ4v) is 4.28. The second-order valence-electron chi connectivity index (χ2n) is 7.27. The number of likely N-dealkylation sites (tertiary alicyclic amines) is 1. The number of amides is 1. The average molecular weight is 382 g/mol. The maximum absolute atomic E-state index is 12.5. The van der Waals surface area contributed by atoms with Crippen molar-refractivity contribution < 1.29 is 4.79 Å². The van der Waals surface area contributed by atoms with Crippen molar-refractivity contribution in [3.63, 3.8) is 0 Å². The SMILES string of the molecule is CC(C)c1ccc(/C=C2/C(=N)N3N=C(N4CCCCC4)SC3=NC2=O)cc1. The Morgan fingerprint density at radius 1 is 1.11 bits per heavy atom. The van der Waals surface area contributed by atoms with Crippen molar-refractivity contribution in [1.82, 2.24) is 9.91 Å². The Morgan fingerprint density at radius 3 is 2.48 bits per heavy atom. The van der Waals surface area contributed by atoms with Crippen LogP contribution in [0.3, 0.4) is 0 Å². The van der Waals surface area contributed by atoms with Crippen LogP contribution >= 0.6 is 11.8 Å². The van der Waals surface area contributed by atoms with Crippen molar-refractivity contribution in [1.29, 1.82) is 5.41 Å². The van der Waals surface area contributed by atoms with Gasteiger partial charge in [-0.25, -0.2) is 0 Å². The number of fused-ring (bicyclic) bond motifs is 1. The lowest BCUT2D eigenvalue weighted by Crippen LogP contribution is -2.35. The highest BCUT2D eigenvalue weighted by Crippen LogP contribution is 2.30. The molecule has 1 aromatic rings. The van der Waals surface area contributed by atoms with Gasteiger partial charge in [-0.3, -0.25) is 10.2 Å². The molecule has 0 saturated carbocycles. The molecule has 1 aromatic carbocycles. The number of piperidine rings is 1. The molecule has 0 unspecified atom stereocenters. The number of aliphatic imine (C=N–C) groups is 1. The van der Waals surface area contributed by atoms with Crippen LogP contribution in [0.5, 0.6) is 0 Å². The fraction of sp³-hybridized carbons (Fsp3) is 0.400. The third kappa shape index (κ3) is 3.56. The number of hydrazone groups is 1. The van der Waals surface area contributed by atoms with Crippen molar-refractivity contribution in [3.05, 3.63) is 41.0 Å². The van der Waals surface area contributed by atoms with Gasteiger partial charge in [-0.05, 0) is 54.1 Å². The number of nitrogens with one attached hydrogen (secondary N) is 1. The van der Waals surface area contributed by atoms with Gasteiger partial charge in [0.05, 0.1) is 5.57 Å². The Hall–Kier alpha value is -2.41. The van der Waals surface area contributed by atoms with Gasteiger partial charge < -0.3 is 4.90 Å². The molecule has 1 N–H and O–H groups in total. The molecule has 1 amide bonds. The van der Waals surface area contributed by atoms with Crippen molar-refractivity contribution in [2.45, 2.75) is 39.0 Å². The van der Waals surface area contributed by atoms with Gasteiger partial charge in [0.2, 0.25) is 5.17 Å². The lowest BCUT2D eigenvalue weighted by molar-refractivity contribution is -0.114. The van der Waals surface area contributed by atoms with E-state index in [1.54, 1.807) is 6.08 Å². The van der Waals surface area contributed by atoms with E-state index in [9.17, 15) is 4.79 Å². The number of carbonyl (C=O) groups excluding carboxylic acids is 1. The van der Waals surface area contributed by atoms with Gasteiger partial charge in [-0.1, -0.05) is 38.1 Å². The summed E-state index contributed by atoms with van der Waals surface area (Å²) in [5.74, 6) is 0.178. The predicted octanol–water partition coefficient (Wildman–Crippen LogP) is 3.87. The normalized spacial score (nSPS) is 21.7. The third-order valence-corrected chi connectivity index (χ3v) is 5.95. The first-order valence-corrected chi connectivity index (χ1v) is 10.2. The van der Waals surface area contributed by atoms with E-state index in [1.807, 2.05) is 12.1 Å². The monoisotopic (exact) mass is 381 g/mol. The zero-order chi connectivity index (χ0) is 19.0. The molecule has 3 aliphatic rings. The molecule has 0 atom stereocenters. The van der Waals surface area contributed by atoms with Crippen molar-refractivity contribution in [3.8, 4) is 0 Å². The van der Waals surface area contributed by atoms with Crippen molar-refractivity contribution in [2.75, 3.05) is 13.1 Å². The Balaban J connectivity index is 1.59. The van der Waals surface area contributed by atoms with Crippen LogP contribution in [0.15, 0.2) is 39.9 Å². The number of thioether (sulfide) groups is 1. The van der Waals surface area contributed by atoms with E-state index in [2.05, 4.69) is 41.0 Å². The van der Waals surface area contributed by atoms with Crippen LogP contribution in [-0.4, -0.2) is 45.1 Å². The van der Waals surface area contributed by atoms with Crippen LogP contribution in [0.2, 0.25) is 0 Å². The quantitative estimate of drug-likeness (QED) is 0.789. The summed E-state index contributed by atoms with van der Waals surface area (Å²) in [6.07, 6.45) is 5.28. The minimum Gasteiger partial charge on any atom is -0.349 e. The van der Waals surface area contributed by atoms with E-state index in [4.69, 9.17) is 5.41 Å². The van der Waals surface area contributed by atoms with Crippen molar-refractivity contribution >= 4 is 39.9 Å². The van der Waals surface area contributed by atoms with Crippen LogP contribution in [0.4, 0.5) is 0 Å². The number of hydrogen-bond acceptors (Lipinski definition) is 5. The summed E-state index contributed by atoms with van der Waals surface area (Å²) in [7, 11) is 0. The van der Waals surface area contributed by atoms with E-state index in [0.717, 1.165) is 36.7 Å². The van der Waals surface area contributed by atoms with Crippen molar-refractivity contribution in [2.24, 2.45) is 10.1 Å². The molecule has 7 heteroatoms. The highest BCUT2D eigenvalue weighted by molar-refractivity contribution is 8.26. The first-order chi connectivity index (χ1) is 13.0. The summed E-state index contributed by atoms with van der Waals surface area (Å²) >= 11 is 1.39. The summed E-state index contributed by atoms with van der Waals surface area (Å²) in [5.41, 5.74) is 2.41. The lowest BCUT2D eigenvalue weighted by Gasteiger charge is -2.26. The summed E-state index contributed by atoms with van der Waals surface area (Å²) in [6.45, 7) is 6.23. The molecule has 0 radical (unpaired) electrons. The fourth-order valence-electron chi connectivity index (χ4n) is 3.34. The molecule has 0 aliphatic carbocycles. The van der Waals surface area contributed by atoms with Gasteiger partial charge in [0.15, 0.2) is 11.0 Å². The van der Waals surface area contributed by atoms with Crippen LogP contribution < -0.4 is 0 Å². The minimum absolute atomic E-state index is 0.0949. The Morgan fingerprint density at radius 2 is 1.81 bits per heavy atom. The number of benzene rings is 1. The maximum Gasteiger partial charge on any atom is 0.283 e. The first-order valence-electron chi connectivity index (χ1n) is 9.38. The van der Waals surface area contributed by atoms with Crippen LogP contribution in [0.1, 0.15) is 50.2 Å². The van der Waals surface area contributed by atoms with E-state index in [-0.39, 0.29) is 17.3 Å². The molecular formula is C20H23N5OS. The molecule has 27 heavy (non-hydrogen) atoms. The van der Waals surface area contributed by atoms with E-state index >= 15 is 0 Å². The standard InChI is InChI=1S/C20H23N5OS/c1-13(2)15-8-6-14(7-9-15)12-16-17(21)25-19(22-18(16)26)27-20(23-25)24-10-4-3-5-11-24/h6-9,12-13,21H,3-5,10-11H2,1-2H3/b16-12-,21-17?. The van der Waals surface area contributed by atoms with Gasteiger partial charge in [0, 0.05) is 13.1 Å². The average Bonchev–Trinajstić information content (AvgIpc) is 3.10. The lowest BCUT2D eigenvalue weighted by atomic mass is 10.0. The molecule has 4 rings (SSSR count). The van der Waals surface area contributed by atoms with Crippen LogP contribution in [0, 0.1) is 5.41 Å². The highest BCUT2D eigenvalue weighted by atomic mass is 32.2. The number of hydrogen-bond donors (Lipinski definition) is 1. The summed E-state index contributed by atoms with van der Waals surface area (Å²) < 4.78 is 0. The smallest absolute Gasteiger partial charge is 0.283 e. The van der Waals surface area contributed by atoms with Crippen LogP contribution in [0.25, 0.3) is 6.08 Å². The number of amidine groups is 3. The third-order valence-electron chi connectivity index (χ3n) is 4.98. The maximum atomic E-state index is 12.5. The largest absolute Gasteiger partial charge is 0.349 e. The predicted molar refractivity (Wildman–Crippen MR) is 111 cm³/mol. The molecule has 3 aliphatic heterocycles. The molecule has 6 nitrogen and oxygen atoms in total. The number of rotatable bonds is 2. The summed E-state index contributed by atoms with van der Waals surface area (Å²) in [6, 6.07) is 8.06. The molecule has 3 heterocycles. The molecule has 0 bridgehead atoms. The summed E-state index contributed by atoms with van der Waals surface area (Å²) in [5, 5.41) is 15.9. The molecule has 1 saturated heterocycles. The van der Waals surface area contributed by atoms with Crippen LogP contribution in [-0.2, 0) is 4.79 Å². The number of nitrogens with zero attached hydrogens (tertiary/aromatic N) is 4. The minimum atomic E-state index is -0.373. The molecule has 0 aromatic heterocycles.